The molecule has 272 valence electrons. The molecule has 7 aromatic carbocycles. The largest absolute Gasteiger partial charge is 0.509 e. The number of rotatable bonds is 9. The number of allylic oxidation sites excluding steroid dienone is 7. The van der Waals surface area contributed by atoms with E-state index in [1.54, 1.807) is 25.2 Å². The molecule has 7 aromatic rings. The van der Waals surface area contributed by atoms with Crippen LogP contribution in [-0.2, 0) is 0 Å². The Morgan fingerprint density at radius 3 is 1.75 bits per heavy atom. The Kier molecular flexibility index (Phi) is 13.9. The van der Waals surface area contributed by atoms with E-state index in [-0.39, 0.29) is 12.4 Å². The van der Waals surface area contributed by atoms with Crippen molar-refractivity contribution in [2.24, 2.45) is 0 Å². The second kappa shape index (κ2) is 19.4. The summed E-state index contributed by atoms with van der Waals surface area (Å²) in [5.41, 5.74) is 12.7. The monoisotopic (exact) mass is 716 g/mol. The maximum atomic E-state index is 9.54. The van der Waals surface area contributed by atoms with Gasteiger partial charge in [-0.05, 0) is 121 Å². The van der Waals surface area contributed by atoms with Crippen molar-refractivity contribution in [2.45, 2.75) is 13.8 Å². The van der Waals surface area contributed by atoms with Crippen LogP contribution in [0.5, 0.6) is 0 Å². The fourth-order valence-electron chi connectivity index (χ4n) is 6.58. The molecule has 0 spiro atoms. The van der Waals surface area contributed by atoms with Crippen LogP contribution in [0, 0.1) is 6.92 Å². The Labute approximate surface area is 326 Å². The van der Waals surface area contributed by atoms with Crippen LogP contribution in [0.4, 0.5) is 0 Å². The second-order valence-electron chi connectivity index (χ2n) is 13.0. The average Bonchev–Trinajstić information content (AvgIpc) is 3.22. The maximum Gasteiger partial charge on any atom is 0.109 e. The van der Waals surface area contributed by atoms with Crippen molar-refractivity contribution in [3.8, 4) is 33.4 Å². The fraction of sp³-hybridized carbons (Fsp3) is 0.0566. The van der Waals surface area contributed by atoms with E-state index in [0.29, 0.717) is 0 Å². The van der Waals surface area contributed by atoms with Crippen molar-refractivity contribution in [3.63, 3.8) is 0 Å². The zero-order chi connectivity index (χ0) is 39.2. The van der Waals surface area contributed by atoms with Crippen LogP contribution >= 0.6 is 0 Å². The Hall–Kier alpha value is -6.74. The van der Waals surface area contributed by atoms with Gasteiger partial charge in [0.25, 0.3) is 0 Å². The van der Waals surface area contributed by atoms with Crippen LogP contribution in [0.25, 0.3) is 66.1 Å². The predicted octanol–water partition coefficient (Wildman–Crippen LogP) is 14.4. The average molecular weight is 717 g/mol. The van der Waals surface area contributed by atoms with Gasteiger partial charge in [0.05, 0.1) is 0 Å². The first-order valence-corrected chi connectivity index (χ1v) is 18.4. The lowest BCUT2D eigenvalue weighted by molar-refractivity contribution is 0.318. The minimum Gasteiger partial charge on any atom is -0.509 e. The molecule has 2 heteroatoms. The van der Waals surface area contributed by atoms with Gasteiger partial charge < -0.3 is 10.2 Å². The third-order valence-corrected chi connectivity index (χ3v) is 9.11. The van der Waals surface area contributed by atoms with Gasteiger partial charge in [0.2, 0.25) is 0 Å². The van der Waals surface area contributed by atoms with E-state index in [1.165, 1.54) is 49.7 Å². The molecular formula is C53H48O2. The van der Waals surface area contributed by atoms with E-state index in [1.807, 2.05) is 36.4 Å². The number of hydrogen-bond donors (Lipinski definition) is 2. The second-order valence-corrected chi connectivity index (χ2v) is 13.0. The highest BCUT2D eigenvalue weighted by Crippen LogP contribution is 2.35. The Morgan fingerprint density at radius 2 is 1.15 bits per heavy atom. The quantitative estimate of drug-likeness (QED) is 0.0887. The molecule has 7 rings (SSSR count). The Balaban J connectivity index is 0.000000210. The third-order valence-electron chi connectivity index (χ3n) is 9.11. The van der Waals surface area contributed by atoms with Crippen LogP contribution in [0.2, 0.25) is 0 Å². The summed E-state index contributed by atoms with van der Waals surface area (Å²) in [6.45, 7) is 19.5. The zero-order valence-electron chi connectivity index (χ0n) is 31.8. The molecular weight excluding hydrogens is 669 g/mol. The zero-order valence-corrected chi connectivity index (χ0v) is 31.8. The molecule has 0 unspecified atom stereocenters. The Bertz CT molecular complexity index is 2460. The van der Waals surface area contributed by atoms with Gasteiger partial charge in [-0.3, -0.25) is 0 Å². The van der Waals surface area contributed by atoms with Gasteiger partial charge in [0.15, 0.2) is 0 Å². The molecule has 2 N–H and O–H groups in total. The summed E-state index contributed by atoms with van der Waals surface area (Å²) in [6.07, 6.45) is 9.09. The molecule has 0 bridgehead atoms. The van der Waals surface area contributed by atoms with E-state index in [4.69, 9.17) is 5.11 Å². The SMILES string of the molecule is C=C/C(=C\C(=C)O)c1c2ccccc2cc2ccccc12.C=C/C=C\C(=C)c1cccc(-c2ccc(-c3cccc(-c4ccccc4)c3)cc2C)c1.CCO. The smallest absolute Gasteiger partial charge is 0.109 e. The first-order chi connectivity index (χ1) is 26.8. The normalized spacial score (nSPS) is 10.9. The van der Waals surface area contributed by atoms with Crippen molar-refractivity contribution >= 4 is 32.7 Å². The summed E-state index contributed by atoms with van der Waals surface area (Å²) in [4.78, 5) is 0. The van der Waals surface area contributed by atoms with Crippen molar-refractivity contribution in [3.05, 3.63) is 231 Å². The van der Waals surface area contributed by atoms with Gasteiger partial charge in [-0.15, -0.1) is 0 Å². The van der Waals surface area contributed by atoms with Crippen molar-refractivity contribution in [2.75, 3.05) is 6.61 Å². The molecule has 0 radical (unpaired) electrons. The lowest BCUT2D eigenvalue weighted by Gasteiger charge is -2.12. The number of hydrogen-bond acceptors (Lipinski definition) is 2. The first-order valence-electron chi connectivity index (χ1n) is 18.4. The molecule has 0 saturated heterocycles. The molecule has 0 aliphatic rings. The lowest BCUT2D eigenvalue weighted by atomic mass is 9.91. The van der Waals surface area contributed by atoms with E-state index in [0.717, 1.165) is 33.0 Å². The van der Waals surface area contributed by atoms with Crippen LogP contribution < -0.4 is 0 Å². The van der Waals surface area contributed by atoms with E-state index >= 15 is 0 Å². The van der Waals surface area contributed by atoms with E-state index < -0.39 is 0 Å². The van der Waals surface area contributed by atoms with Crippen LogP contribution in [0.1, 0.15) is 23.6 Å². The molecule has 55 heavy (non-hydrogen) atoms. The fourth-order valence-corrected chi connectivity index (χ4v) is 6.58. The molecule has 0 heterocycles. The number of aliphatic hydroxyl groups is 2. The molecule has 0 aliphatic heterocycles. The van der Waals surface area contributed by atoms with Gasteiger partial charge in [-0.2, -0.15) is 0 Å². The molecule has 0 atom stereocenters. The van der Waals surface area contributed by atoms with Crippen LogP contribution in [-0.4, -0.2) is 16.8 Å². The number of aryl methyl sites for hydroxylation is 1. The molecule has 0 fully saturated rings. The van der Waals surface area contributed by atoms with Crippen LogP contribution in [0.15, 0.2) is 214 Å². The number of aliphatic hydroxyl groups excluding tert-OH is 2. The highest BCUT2D eigenvalue weighted by molar-refractivity contribution is 6.10. The molecule has 2 nitrogen and oxygen atoms in total. The van der Waals surface area contributed by atoms with Crippen molar-refractivity contribution in [1.82, 2.24) is 0 Å². The van der Waals surface area contributed by atoms with Crippen molar-refractivity contribution < 1.29 is 10.2 Å². The molecule has 0 aliphatic carbocycles. The highest BCUT2D eigenvalue weighted by Gasteiger charge is 2.11. The summed E-state index contributed by atoms with van der Waals surface area (Å²) in [5.74, 6) is 0.0296. The summed E-state index contributed by atoms with van der Waals surface area (Å²) in [5, 5.41) is 21.7. The van der Waals surface area contributed by atoms with Gasteiger partial charge in [0, 0.05) is 6.61 Å². The van der Waals surface area contributed by atoms with Gasteiger partial charge >= 0.3 is 0 Å². The van der Waals surface area contributed by atoms with Crippen molar-refractivity contribution in [1.29, 1.82) is 0 Å². The Morgan fingerprint density at radius 1 is 0.600 bits per heavy atom. The minimum atomic E-state index is 0.0296. The standard InChI is InChI=1S/C31H26.C20H16O.C2H6O/c1-4-5-11-23(2)26-14-9-17-30(21-26)31-19-18-29(20-24(31)3)28-16-10-15-27(22-28)25-12-7-6-8-13-25;1-3-15(12-14(2)21)20-18-10-6-4-8-16(18)13-17-9-5-7-11-19(17)20;1-2-3/h4-22H,1-2H2,3H3;3-13,21H,1-2H2;3H,2H2,1H3/b11-5-;15-12+;. The third kappa shape index (κ3) is 10.0. The predicted molar refractivity (Wildman–Crippen MR) is 240 cm³/mol. The summed E-state index contributed by atoms with van der Waals surface area (Å²) in [7, 11) is 0. The molecule has 0 aromatic heterocycles. The minimum absolute atomic E-state index is 0.0296. The van der Waals surface area contributed by atoms with E-state index in [9.17, 15) is 5.11 Å². The summed E-state index contributed by atoms with van der Waals surface area (Å²) < 4.78 is 0. The van der Waals surface area contributed by atoms with Gasteiger partial charge in [-0.1, -0.05) is 184 Å². The first kappa shape index (κ1) is 39.5. The highest BCUT2D eigenvalue weighted by atomic mass is 16.3. The topological polar surface area (TPSA) is 40.5 Å². The van der Waals surface area contributed by atoms with Gasteiger partial charge in [0.1, 0.15) is 5.76 Å². The summed E-state index contributed by atoms with van der Waals surface area (Å²) >= 11 is 0. The van der Waals surface area contributed by atoms with E-state index in [2.05, 4.69) is 161 Å². The number of benzene rings is 7. The lowest BCUT2D eigenvalue weighted by Crippen LogP contribution is -1.89. The number of fused-ring (bicyclic) bond motifs is 2. The summed E-state index contributed by atoms with van der Waals surface area (Å²) in [6, 6.07) is 53.2. The van der Waals surface area contributed by atoms with Gasteiger partial charge in [-0.25, -0.2) is 0 Å². The molecule has 0 amide bonds. The molecule has 0 saturated carbocycles. The maximum absolute atomic E-state index is 9.54. The van der Waals surface area contributed by atoms with Crippen LogP contribution in [0.3, 0.4) is 0 Å².